The maximum atomic E-state index is 5.81. The molecule has 1 aromatic heterocycles. The number of benzene rings is 1. The number of hydrogen-bond acceptors (Lipinski definition) is 2. The molecule has 2 aromatic rings. The van der Waals surface area contributed by atoms with Crippen LogP contribution in [-0.2, 0) is 6.54 Å². The third-order valence-electron chi connectivity index (χ3n) is 2.73. The fourth-order valence-electron chi connectivity index (χ4n) is 1.66. The molecular weight excluding hydrogens is 198 g/mol. The fourth-order valence-corrected chi connectivity index (χ4v) is 1.66. The van der Waals surface area contributed by atoms with Gasteiger partial charge in [-0.05, 0) is 25.0 Å². The van der Waals surface area contributed by atoms with Crippen LogP contribution < -0.4 is 5.73 Å². The Bertz CT molecular complexity index is 454. The SMILES string of the molecule is CCn1cc(-c2ccc(C(C)N)cc2)cn1. The Morgan fingerprint density at radius 3 is 2.44 bits per heavy atom. The van der Waals surface area contributed by atoms with Crippen LogP contribution in [0.2, 0.25) is 0 Å². The Kier molecular flexibility index (Phi) is 3.06. The third kappa shape index (κ3) is 2.14. The van der Waals surface area contributed by atoms with Crippen LogP contribution in [0, 0.1) is 0 Å². The van der Waals surface area contributed by atoms with E-state index in [2.05, 4.69) is 42.5 Å². The summed E-state index contributed by atoms with van der Waals surface area (Å²) >= 11 is 0. The first-order valence-corrected chi connectivity index (χ1v) is 5.59. The number of aryl methyl sites for hydroxylation is 1. The Morgan fingerprint density at radius 2 is 1.94 bits per heavy atom. The third-order valence-corrected chi connectivity index (χ3v) is 2.73. The highest BCUT2D eigenvalue weighted by atomic mass is 15.3. The summed E-state index contributed by atoms with van der Waals surface area (Å²) in [6, 6.07) is 8.42. The Labute approximate surface area is 95.9 Å². The average Bonchev–Trinajstić information content (AvgIpc) is 2.77. The average molecular weight is 215 g/mol. The summed E-state index contributed by atoms with van der Waals surface area (Å²) in [5.74, 6) is 0. The second kappa shape index (κ2) is 4.49. The maximum Gasteiger partial charge on any atom is 0.0568 e. The van der Waals surface area contributed by atoms with Gasteiger partial charge in [0, 0.05) is 24.3 Å². The van der Waals surface area contributed by atoms with Crippen molar-refractivity contribution >= 4 is 0 Å². The molecule has 0 saturated heterocycles. The van der Waals surface area contributed by atoms with Crippen molar-refractivity contribution in [2.75, 3.05) is 0 Å². The lowest BCUT2D eigenvalue weighted by atomic mass is 10.0. The fraction of sp³-hybridized carbons (Fsp3) is 0.308. The van der Waals surface area contributed by atoms with E-state index in [0.29, 0.717) is 0 Å². The molecule has 0 aliphatic carbocycles. The summed E-state index contributed by atoms with van der Waals surface area (Å²) in [5.41, 5.74) is 9.31. The molecule has 0 aliphatic rings. The molecule has 3 heteroatoms. The molecule has 2 N–H and O–H groups in total. The first kappa shape index (κ1) is 10.9. The number of rotatable bonds is 3. The molecule has 3 nitrogen and oxygen atoms in total. The molecule has 0 radical (unpaired) electrons. The zero-order valence-corrected chi connectivity index (χ0v) is 9.72. The second-order valence-corrected chi connectivity index (χ2v) is 4.00. The maximum absolute atomic E-state index is 5.81. The van der Waals surface area contributed by atoms with Gasteiger partial charge in [0.2, 0.25) is 0 Å². The van der Waals surface area contributed by atoms with E-state index in [1.54, 1.807) is 0 Å². The van der Waals surface area contributed by atoms with Gasteiger partial charge in [-0.3, -0.25) is 4.68 Å². The minimum Gasteiger partial charge on any atom is -0.324 e. The zero-order valence-electron chi connectivity index (χ0n) is 9.72. The first-order valence-electron chi connectivity index (χ1n) is 5.59. The van der Waals surface area contributed by atoms with Gasteiger partial charge in [-0.2, -0.15) is 5.10 Å². The van der Waals surface area contributed by atoms with Crippen molar-refractivity contribution in [1.29, 1.82) is 0 Å². The monoisotopic (exact) mass is 215 g/mol. The van der Waals surface area contributed by atoms with E-state index in [4.69, 9.17) is 5.73 Å². The topological polar surface area (TPSA) is 43.8 Å². The Morgan fingerprint density at radius 1 is 1.25 bits per heavy atom. The van der Waals surface area contributed by atoms with E-state index in [0.717, 1.165) is 17.7 Å². The van der Waals surface area contributed by atoms with Crippen molar-refractivity contribution in [3.63, 3.8) is 0 Å². The summed E-state index contributed by atoms with van der Waals surface area (Å²) in [7, 11) is 0. The Balaban J connectivity index is 2.27. The van der Waals surface area contributed by atoms with Crippen LogP contribution in [0.4, 0.5) is 0 Å². The molecule has 0 spiro atoms. The molecular formula is C13H17N3. The summed E-state index contributed by atoms with van der Waals surface area (Å²) in [5, 5.41) is 4.26. The van der Waals surface area contributed by atoms with Gasteiger partial charge >= 0.3 is 0 Å². The molecule has 0 amide bonds. The van der Waals surface area contributed by atoms with Gasteiger partial charge in [-0.1, -0.05) is 24.3 Å². The highest BCUT2D eigenvalue weighted by molar-refractivity contribution is 5.62. The number of aromatic nitrogens is 2. The van der Waals surface area contributed by atoms with E-state index in [-0.39, 0.29) is 6.04 Å². The summed E-state index contributed by atoms with van der Waals surface area (Å²) in [6.45, 7) is 4.97. The molecule has 1 aromatic carbocycles. The quantitative estimate of drug-likeness (QED) is 0.855. The van der Waals surface area contributed by atoms with Gasteiger partial charge in [-0.25, -0.2) is 0 Å². The van der Waals surface area contributed by atoms with E-state index < -0.39 is 0 Å². The Hall–Kier alpha value is -1.61. The molecule has 0 aliphatic heterocycles. The van der Waals surface area contributed by atoms with Gasteiger partial charge in [0.05, 0.1) is 6.20 Å². The predicted molar refractivity (Wildman–Crippen MR) is 65.9 cm³/mol. The van der Waals surface area contributed by atoms with Gasteiger partial charge in [0.1, 0.15) is 0 Å². The normalized spacial score (nSPS) is 12.7. The molecule has 84 valence electrons. The number of nitrogens with two attached hydrogens (primary N) is 1. The van der Waals surface area contributed by atoms with Gasteiger partial charge in [0.15, 0.2) is 0 Å². The van der Waals surface area contributed by atoms with Crippen molar-refractivity contribution in [2.45, 2.75) is 26.4 Å². The van der Waals surface area contributed by atoms with Crippen molar-refractivity contribution in [1.82, 2.24) is 9.78 Å². The molecule has 2 rings (SSSR count). The highest BCUT2D eigenvalue weighted by Gasteiger charge is 2.02. The lowest BCUT2D eigenvalue weighted by Gasteiger charge is -2.05. The van der Waals surface area contributed by atoms with Crippen LogP contribution in [0.25, 0.3) is 11.1 Å². The second-order valence-electron chi connectivity index (χ2n) is 4.00. The van der Waals surface area contributed by atoms with Gasteiger partial charge < -0.3 is 5.73 Å². The largest absolute Gasteiger partial charge is 0.324 e. The van der Waals surface area contributed by atoms with E-state index in [1.165, 1.54) is 5.56 Å². The highest BCUT2D eigenvalue weighted by Crippen LogP contribution is 2.20. The lowest BCUT2D eigenvalue weighted by Crippen LogP contribution is -2.04. The van der Waals surface area contributed by atoms with Crippen molar-refractivity contribution in [3.05, 3.63) is 42.2 Å². The summed E-state index contributed by atoms with van der Waals surface area (Å²) in [4.78, 5) is 0. The van der Waals surface area contributed by atoms with Crippen LogP contribution in [0.3, 0.4) is 0 Å². The molecule has 16 heavy (non-hydrogen) atoms. The van der Waals surface area contributed by atoms with Gasteiger partial charge in [-0.15, -0.1) is 0 Å². The minimum atomic E-state index is 0.0902. The molecule has 0 saturated carbocycles. The van der Waals surface area contributed by atoms with Crippen LogP contribution >= 0.6 is 0 Å². The number of nitrogens with zero attached hydrogens (tertiary/aromatic N) is 2. The molecule has 1 atom stereocenters. The summed E-state index contributed by atoms with van der Waals surface area (Å²) in [6.07, 6.45) is 3.95. The molecule has 1 unspecified atom stereocenters. The van der Waals surface area contributed by atoms with Crippen molar-refractivity contribution in [3.8, 4) is 11.1 Å². The van der Waals surface area contributed by atoms with E-state index >= 15 is 0 Å². The van der Waals surface area contributed by atoms with Crippen molar-refractivity contribution < 1.29 is 0 Å². The van der Waals surface area contributed by atoms with Crippen LogP contribution in [0.1, 0.15) is 25.5 Å². The standard InChI is InChI=1S/C13H17N3/c1-3-16-9-13(8-15-16)12-6-4-11(5-7-12)10(2)14/h4-10H,3,14H2,1-2H3. The predicted octanol–water partition coefficient (Wildman–Crippen LogP) is 2.59. The van der Waals surface area contributed by atoms with E-state index in [1.807, 2.05) is 17.8 Å². The van der Waals surface area contributed by atoms with Crippen LogP contribution in [0.15, 0.2) is 36.7 Å². The molecule has 0 fully saturated rings. The first-order chi connectivity index (χ1) is 7.70. The lowest BCUT2D eigenvalue weighted by molar-refractivity contribution is 0.660. The minimum absolute atomic E-state index is 0.0902. The molecule has 1 heterocycles. The van der Waals surface area contributed by atoms with Crippen molar-refractivity contribution in [2.24, 2.45) is 5.73 Å². The zero-order chi connectivity index (χ0) is 11.5. The number of hydrogen-bond donors (Lipinski definition) is 1. The van der Waals surface area contributed by atoms with Crippen LogP contribution in [0.5, 0.6) is 0 Å². The van der Waals surface area contributed by atoms with Crippen LogP contribution in [-0.4, -0.2) is 9.78 Å². The summed E-state index contributed by atoms with van der Waals surface area (Å²) < 4.78 is 1.93. The smallest absolute Gasteiger partial charge is 0.0568 e. The van der Waals surface area contributed by atoms with E-state index in [9.17, 15) is 0 Å². The molecule has 0 bridgehead atoms. The van der Waals surface area contributed by atoms with Gasteiger partial charge in [0.25, 0.3) is 0 Å².